The van der Waals surface area contributed by atoms with Crippen molar-refractivity contribution in [1.82, 2.24) is 25.0 Å². The van der Waals surface area contributed by atoms with Crippen LogP contribution in [0.2, 0.25) is 0 Å². The lowest BCUT2D eigenvalue weighted by Crippen LogP contribution is -2.28. The summed E-state index contributed by atoms with van der Waals surface area (Å²) in [6.07, 6.45) is 1.49. The summed E-state index contributed by atoms with van der Waals surface area (Å²) in [4.78, 5) is 15.0. The molecule has 1 aliphatic heterocycles. The molecule has 0 saturated carbocycles. The van der Waals surface area contributed by atoms with E-state index >= 15 is 0 Å². The SMILES string of the molecule is COc1cc(CN2CCc3nnc(CCNC(=O)c4ccc(C)cc4C)n3CC2)cc(OC)c1. The standard InChI is InChI=1S/C26H33N5O3/c1-18-5-6-23(19(2)13-18)26(32)27-9-7-24-28-29-25-8-10-30(11-12-31(24)25)17-20-14-21(33-3)16-22(15-20)34-4/h5-6,13-16H,7-12,17H2,1-4H3,(H,27,32). The maximum atomic E-state index is 12.6. The highest BCUT2D eigenvalue weighted by Gasteiger charge is 2.19. The molecule has 0 spiro atoms. The highest BCUT2D eigenvalue weighted by atomic mass is 16.5. The van der Waals surface area contributed by atoms with Gasteiger partial charge in [0.15, 0.2) is 0 Å². The number of hydrogen-bond acceptors (Lipinski definition) is 6. The van der Waals surface area contributed by atoms with Gasteiger partial charge in [0.2, 0.25) is 0 Å². The van der Waals surface area contributed by atoms with Crippen molar-refractivity contribution in [2.75, 3.05) is 33.9 Å². The second kappa shape index (κ2) is 10.7. The molecule has 2 heterocycles. The number of hydrogen-bond donors (Lipinski definition) is 1. The van der Waals surface area contributed by atoms with Gasteiger partial charge in [0, 0.05) is 57.2 Å². The fourth-order valence-corrected chi connectivity index (χ4v) is 4.44. The van der Waals surface area contributed by atoms with E-state index < -0.39 is 0 Å². The number of fused-ring (bicyclic) bond motifs is 1. The summed E-state index contributed by atoms with van der Waals surface area (Å²) in [7, 11) is 3.34. The minimum atomic E-state index is -0.0482. The highest BCUT2D eigenvalue weighted by Crippen LogP contribution is 2.24. The topological polar surface area (TPSA) is 81.5 Å². The van der Waals surface area contributed by atoms with Gasteiger partial charge in [-0.1, -0.05) is 17.7 Å². The number of aromatic nitrogens is 3. The molecule has 1 amide bonds. The molecule has 34 heavy (non-hydrogen) atoms. The van der Waals surface area contributed by atoms with Crippen molar-refractivity contribution >= 4 is 5.91 Å². The molecule has 1 N–H and O–H groups in total. The lowest BCUT2D eigenvalue weighted by molar-refractivity contribution is 0.0953. The fraction of sp³-hybridized carbons (Fsp3) is 0.423. The number of methoxy groups -OCH3 is 2. The molecule has 180 valence electrons. The van der Waals surface area contributed by atoms with Gasteiger partial charge in [-0.15, -0.1) is 10.2 Å². The predicted octanol–water partition coefficient (Wildman–Crippen LogP) is 2.94. The van der Waals surface area contributed by atoms with Crippen molar-refractivity contribution in [3.05, 3.63) is 70.3 Å². The molecule has 1 aromatic heterocycles. The van der Waals surface area contributed by atoms with E-state index in [1.54, 1.807) is 14.2 Å². The molecule has 0 unspecified atom stereocenters. The molecule has 8 heteroatoms. The molecule has 0 aliphatic carbocycles. The lowest BCUT2D eigenvalue weighted by atomic mass is 10.1. The van der Waals surface area contributed by atoms with Gasteiger partial charge in [-0.25, -0.2) is 0 Å². The van der Waals surface area contributed by atoms with Gasteiger partial charge >= 0.3 is 0 Å². The minimum absolute atomic E-state index is 0.0482. The Morgan fingerprint density at radius 2 is 1.76 bits per heavy atom. The second-order valence-electron chi connectivity index (χ2n) is 8.76. The summed E-state index contributed by atoms with van der Waals surface area (Å²) in [6, 6.07) is 11.9. The number of carbonyl (C=O) groups excluding carboxylic acids is 1. The van der Waals surface area contributed by atoms with Crippen LogP contribution in [-0.2, 0) is 25.9 Å². The van der Waals surface area contributed by atoms with Crippen molar-refractivity contribution in [3.63, 3.8) is 0 Å². The van der Waals surface area contributed by atoms with Crippen molar-refractivity contribution in [1.29, 1.82) is 0 Å². The molecule has 0 radical (unpaired) electrons. The van der Waals surface area contributed by atoms with Gasteiger partial charge in [0.25, 0.3) is 5.91 Å². The monoisotopic (exact) mass is 463 g/mol. The zero-order chi connectivity index (χ0) is 24.1. The number of benzene rings is 2. The molecule has 2 aromatic carbocycles. The number of ether oxygens (including phenoxy) is 2. The van der Waals surface area contributed by atoms with Gasteiger partial charge in [0.05, 0.1) is 14.2 Å². The Morgan fingerprint density at radius 1 is 1.00 bits per heavy atom. The van der Waals surface area contributed by atoms with Crippen molar-refractivity contribution in [2.24, 2.45) is 0 Å². The van der Waals surface area contributed by atoms with Gasteiger partial charge < -0.3 is 19.4 Å². The van der Waals surface area contributed by atoms with Crippen LogP contribution in [0.15, 0.2) is 36.4 Å². The zero-order valence-electron chi connectivity index (χ0n) is 20.4. The number of carbonyl (C=O) groups is 1. The Labute approximate surface area is 200 Å². The first-order chi connectivity index (χ1) is 16.5. The maximum Gasteiger partial charge on any atom is 0.251 e. The molecule has 0 atom stereocenters. The molecular formula is C26H33N5O3. The second-order valence-corrected chi connectivity index (χ2v) is 8.76. The van der Waals surface area contributed by atoms with Crippen LogP contribution in [-0.4, -0.2) is 59.4 Å². The van der Waals surface area contributed by atoms with E-state index in [-0.39, 0.29) is 5.91 Å². The Bertz CT molecular complexity index is 1140. The predicted molar refractivity (Wildman–Crippen MR) is 131 cm³/mol. The van der Waals surface area contributed by atoms with Gasteiger partial charge in [0.1, 0.15) is 23.1 Å². The fourth-order valence-electron chi connectivity index (χ4n) is 4.44. The minimum Gasteiger partial charge on any atom is -0.497 e. The van der Waals surface area contributed by atoms with Crippen LogP contribution in [0.3, 0.4) is 0 Å². The lowest BCUT2D eigenvalue weighted by Gasteiger charge is -2.20. The van der Waals surface area contributed by atoms with Crippen LogP contribution < -0.4 is 14.8 Å². The normalized spacial score (nSPS) is 13.8. The third-order valence-electron chi connectivity index (χ3n) is 6.27. The van der Waals surface area contributed by atoms with Crippen LogP contribution in [0.4, 0.5) is 0 Å². The largest absolute Gasteiger partial charge is 0.497 e. The van der Waals surface area contributed by atoms with Crippen molar-refractivity contribution in [3.8, 4) is 11.5 Å². The number of rotatable bonds is 8. The third kappa shape index (κ3) is 5.56. The summed E-state index contributed by atoms with van der Waals surface area (Å²) in [5.74, 6) is 3.47. The van der Waals surface area contributed by atoms with Gasteiger partial charge in [-0.05, 0) is 43.2 Å². The van der Waals surface area contributed by atoms with E-state index in [2.05, 4.69) is 37.1 Å². The summed E-state index contributed by atoms with van der Waals surface area (Å²) in [6.45, 7) is 7.95. The molecule has 1 aliphatic rings. The molecular weight excluding hydrogens is 430 g/mol. The molecule has 8 nitrogen and oxygen atoms in total. The van der Waals surface area contributed by atoms with Crippen LogP contribution in [0.1, 0.15) is 38.7 Å². The smallest absolute Gasteiger partial charge is 0.251 e. The summed E-state index contributed by atoms with van der Waals surface area (Å²) in [5, 5.41) is 11.9. The number of nitrogens with zero attached hydrogens (tertiary/aromatic N) is 4. The van der Waals surface area contributed by atoms with Crippen molar-refractivity contribution < 1.29 is 14.3 Å². The van der Waals surface area contributed by atoms with Crippen LogP contribution in [0.25, 0.3) is 0 Å². The Hall–Kier alpha value is -3.39. The first kappa shape index (κ1) is 23.8. The van der Waals surface area contributed by atoms with Gasteiger partial charge in [-0.2, -0.15) is 0 Å². The molecule has 0 saturated heterocycles. The highest BCUT2D eigenvalue weighted by molar-refractivity contribution is 5.95. The van der Waals surface area contributed by atoms with E-state index in [9.17, 15) is 4.79 Å². The molecule has 0 fully saturated rings. The average Bonchev–Trinajstić information content (AvgIpc) is 3.10. The summed E-state index contributed by atoms with van der Waals surface area (Å²) < 4.78 is 13.0. The number of amides is 1. The maximum absolute atomic E-state index is 12.6. The van der Waals surface area contributed by atoms with E-state index in [0.717, 1.165) is 78.0 Å². The van der Waals surface area contributed by atoms with Crippen LogP contribution in [0.5, 0.6) is 11.5 Å². The average molecular weight is 464 g/mol. The molecule has 0 bridgehead atoms. The van der Waals surface area contributed by atoms with E-state index in [4.69, 9.17) is 9.47 Å². The Morgan fingerprint density at radius 3 is 2.47 bits per heavy atom. The van der Waals surface area contributed by atoms with E-state index in [0.29, 0.717) is 13.0 Å². The molecule has 4 rings (SSSR count). The number of aryl methyl sites for hydroxylation is 2. The quantitative estimate of drug-likeness (QED) is 0.553. The van der Waals surface area contributed by atoms with E-state index in [1.165, 1.54) is 0 Å². The Balaban J connectivity index is 1.34. The number of nitrogens with one attached hydrogen (secondary N) is 1. The van der Waals surface area contributed by atoms with Crippen LogP contribution >= 0.6 is 0 Å². The first-order valence-corrected chi connectivity index (χ1v) is 11.7. The summed E-state index contributed by atoms with van der Waals surface area (Å²) >= 11 is 0. The van der Waals surface area contributed by atoms with Crippen molar-refractivity contribution in [2.45, 2.75) is 39.8 Å². The van der Waals surface area contributed by atoms with Crippen LogP contribution in [0, 0.1) is 13.8 Å². The van der Waals surface area contributed by atoms with E-state index in [1.807, 2.05) is 38.1 Å². The summed E-state index contributed by atoms with van der Waals surface area (Å²) in [5.41, 5.74) is 4.01. The van der Waals surface area contributed by atoms with Gasteiger partial charge in [-0.3, -0.25) is 9.69 Å². The third-order valence-corrected chi connectivity index (χ3v) is 6.27. The zero-order valence-corrected chi connectivity index (χ0v) is 20.4. The first-order valence-electron chi connectivity index (χ1n) is 11.7. The molecule has 3 aromatic rings. The Kier molecular flexibility index (Phi) is 7.47.